The van der Waals surface area contributed by atoms with Crippen LogP contribution >= 0.6 is 0 Å². The van der Waals surface area contributed by atoms with Crippen LogP contribution in [0.2, 0.25) is 0 Å². The van der Waals surface area contributed by atoms with Crippen molar-refractivity contribution in [2.45, 2.75) is 50.0 Å². The number of carbonyl (C=O) groups is 3. The maximum absolute atomic E-state index is 12.5. The van der Waals surface area contributed by atoms with Gasteiger partial charge in [-0.25, -0.2) is 0 Å². The highest BCUT2D eigenvalue weighted by Crippen LogP contribution is 2.39. The standard InChI is InChI=1S/C21H27N3O3/c25-18-7-4-11-23(18)12-8-19(26)24-13-9-21(10-14-24)15-17(20(27)22-21)16-5-2-1-3-6-16/h1-3,5-6,17H,4,7-15H2,(H,22,27). The Morgan fingerprint density at radius 2 is 1.85 bits per heavy atom. The number of nitrogens with zero attached hydrogens (tertiary/aromatic N) is 2. The molecule has 0 aliphatic carbocycles. The number of carbonyl (C=O) groups excluding carboxylic acids is 3. The molecule has 1 atom stereocenters. The van der Waals surface area contributed by atoms with Gasteiger partial charge in [0.15, 0.2) is 0 Å². The van der Waals surface area contributed by atoms with Gasteiger partial charge in [-0.05, 0) is 31.2 Å². The Morgan fingerprint density at radius 1 is 1.11 bits per heavy atom. The van der Waals surface area contributed by atoms with Crippen molar-refractivity contribution in [2.75, 3.05) is 26.2 Å². The van der Waals surface area contributed by atoms with Gasteiger partial charge in [0.2, 0.25) is 17.7 Å². The topological polar surface area (TPSA) is 69.7 Å². The van der Waals surface area contributed by atoms with Gasteiger partial charge < -0.3 is 15.1 Å². The third kappa shape index (κ3) is 3.70. The minimum Gasteiger partial charge on any atom is -0.350 e. The average Bonchev–Trinajstić information content (AvgIpc) is 3.24. The smallest absolute Gasteiger partial charge is 0.228 e. The van der Waals surface area contributed by atoms with E-state index in [1.807, 2.05) is 35.2 Å². The van der Waals surface area contributed by atoms with Gasteiger partial charge in [-0.2, -0.15) is 0 Å². The highest BCUT2D eigenvalue weighted by Gasteiger charge is 2.46. The number of rotatable bonds is 4. The number of nitrogens with one attached hydrogen (secondary N) is 1. The van der Waals surface area contributed by atoms with Crippen LogP contribution in [0.1, 0.15) is 50.0 Å². The zero-order chi connectivity index (χ0) is 18.9. The monoisotopic (exact) mass is 369 g/mol. The molecule has 1 N–H and O–H groups in total. The number of hydrogen-bond acceptors (Lipinski definition) is 3. The van der Waals surface area contributed by atoms with Crippen molar-refractivity contribution in [1.29, 1.82) is 0 Å². The Balaban J connectivity index is 1.30. The van der Waals surface area contributed by atoms with Gasteiger partial charge in [-0.15, -0.1) is 0 Å². The quantitative estimate of drug-likeness (QED) is 0.878. The Kier molecular flexibility index (Phi) is 4.89. The van der Waals surface area contributed by atoms with E-state index in [4.69, 9.17) is 0 Å². The lowest BCUT2D eigenvalue weighted by Crippen LogP contribution is -2.52. The molecule has 1 unspecified atom stereocenters. The molecule has 3 amide bonds. The molecule has 0 bridgehead atoms. The second-order valence-corrected chi connectivity index (χ2v) is 8.05. The molecular weight excluding hydrogens is 342 g/mol. The first kappa shape index (κ1) is 18.0. The van der Waals surface area contributed by atoms with Gasteiger partial charge in [0.05, 0.1) is 5.92 Å². The summed E-state index contributed by atoms with van der Waals surface area (Å²) in [5.74, 6) is 0.303. The summed E-state index contributed by atoms with van der Waals surface area (Å²) in [6.07, 6.45) is 4.33. The SMILES string of the molecule is O=C1NC2(CCN(C(=O)CCN3CCCC3=O)CC2)CC1c1ccccc1. The summed E-state index contributed by atoms with van der Waals surface area (Å²) in [6, 6.07) is 9.94. The molecule has 4 rings (SSSR count). The molecule has 1 aromatic rings. The molecule has 27 heavy (non-hydrogen) atoms. The number of benzene rings is 1. The van der Waals surface area contributed by atoms with Crippen LogP contribution in [-0.4, -0.2) is 59.2 Å². The lowest BCUT2D eigenvalue weighted by Gasteiger charge is -2.39. The summed E-state index contributed by atoms with van der Waals surface area (Å²) in [6.45, 7) is 2.66. The van der Waals surface area contributed by atoms with Crippen molar-refractivity contribution in [1.82, 2.24) is 15.1 Å². The van der Waals surface area contributed by atoms with Crippen molar-refractivity contribution in [2.24, 2.45) is 0 Å². The van der Waals surface area contributed by atoms with Crippen LogP contribution in [0.3, 0.4) is 0 Å². The van der Waals surface area contributed by atoms with E-state index in [1.54, 1.807) is 4.90 Å². The molecule has 3 aliphatic heterocycles. The predicted molar refractivity (Wildman–Crippen MR) is 101 cm³/mol. The number of likely N-dealkylation sites (tertiary alicyclic amines) is 2. The molecule has 3 saturated heterocycles. The molecule has 1 aromatic carbocycles. The predicted octanol–water partition coefficient (Wildman–Crippen LogP) is 1.66. The molecule has 3 fully saturated rings. The maximum Gasteiger partial charge on any atom is 0.228 e. The summed E-state index contributed by atoms with van der Waals surface area (Å²) >= 11 is 0. The van der Waals surface area contributed by atoms with Gasteiger partial charge in [-0.3, -0.25) is 14.4 Å². The molecule has 3 heterocycles. The van der Waals surface area contributed by atoms with E-state index in [9.17, 15) is 14.4 Å². The van der Waals surface area contributed by atoms with Gasteiger partial charge in [0.1, 0.15) is 0 Å². The van der Waals surface area contributed by atoms with E-state index in [0.717, 1.165) is 37.8 Å². The minimum absolute atomic E-state index is 0.0883. The van der Waals surface area contributed by atoms with E-state index in [2.05, 4.69) is 5.32 Å². The number of amides is 3. The number of hydrogen-bond donors (Lipinski definition) is 1. The van der Waals surface area contributed by atoms with Crippen molar-refractivity contribution in [3.8, 4) is 0 Å². The van der Waals surface area contributed by atoms with E-state index in [1.165, 1.54) is 0 Å². The molecule has 0 aromatic heterocycles. The first-order chi connectivity index (χ1) is 13.1. The molecule has 144 valence electrons. The fourth-order valence-corrected chi connectivity index (χ4v) is 4.68. The van der Waals surface area contributed by atoms with Crippen LogP contribution in [-0.2, 0) is 14.4 Å². The fourth-order valence-electron chi connectivity index (χ4n) is 4.68. The van der Waals surface area contributed by atoms with Gasteiger partial charge in [-0.1, -0.05) is 30.3 Å². The van der Waals surface area contributed by atoms with E-state index in [-0.39, 0.29) is 29.2 Å². The normalized spacial score (nSPS) is 24.5. The fraction of sp³-hybridized carbons (Fsp3) is 0.571. The molecule has 0 saturated carbocycles. The summed E-state index contributed by atoms with van der Waals surface area (Å²) in [5, 5.41) is 3.23. The van der Waals surface area contributed by atoms with Gasteiger partial charge in [0, 0.05) is 44.6 Å². The summed E-state index contributed by atoms with van der Waals surface area (Å²) in [7, 11) is 0. The third-order valence-electron chi connectivity index (χ3n) is 6.34. The van der Waals surface area contributed by atoms with Crippen LogP contribution < -0.4 is 5.32 Å². The van der Waals surface area contributed by atoms with E-state index < -0.39 is 0 Å². The van der Waals surface area contributed by atoms with Crippen LogP contribution in [0.15, 0.2) is 30.3 Å². The molecule has 0 radical (unpaired) electrons. The minimum atomic E-state index is -0.181. The van der Waals surface area contributed by atoms with E-state index >= 15 is 0 Å². The lowest BCUT2D eigenvalue weighted by molar-refractivity contribution is -0.134. The highest BCUT2D eigenvalue weighted by molar-refractivity contribution is 5.87. The summed E-state index contributed by atoms with van der Waals surface area (Å²) < 4.78 is 0. The summed E-state index contributed by atoms with van der Waals surface area (Å²) in [5.41, 5.74) is 0.889. The van der Waals surface area contributed by atoms with Crippen molar-refractivity contribution in [3.05, 3.63) is 35.9 Å². The molecule has 6 heteroatoms. The number of piperidine rings is 1. The zero-order valence-corrected chi connectivity index (χ0v) is 15.7. The molecule has 6 nitrogen and oxygen atoms in total. The third-order valence-corrected chi connectivity index (χ3v) is 6.34. The Bertz CT molecular complexity index is 725. The first-order valence-corrected chi connectivity index (χ1v) is 9.99. The van der Waals surface area contributed by atoms with Crippen LogP contribution in [0.4, 0.5) is 0 Å². The van der Waals surface area contributed by atoms with Gasteiger partial charge >= 0.3 is 0 Å². The Hall–Kier alpha value is -2.37. The summed E-state index contributed by atoms with van der Waals surface area (Å²) in [4.78, 5) is 40.4. The van der Waals surface area contributed by atoms with Crippen LogP contribution in [0.5, 0.6) is 0 Å². The first-order valence-electron chi connectivity index (χ1n) is 9.99. The second-order valence-electron chi connectivity index (χ2n) is 8.05. The maximum atomic E-state index is 12.5. The zero-order valence-electron chi connectivity index (χ0n) is 15.7. The van der Waals surface area contributed by atoms with E-state index in [0.29, 0.717) is 32.5 Å². The van der Waals surface area contributed by atoms with Crippen molar-refractivity contribution < 1.29 is 14.4 Å². The average molecular weight is 369 g/mol. The van der Waals surface area contributed by atoms with Gasteiger partial charge in [0.25, 0.3) is 0 Å². The molecular formula is C21H27N3O3. The Labute approximate surface area is 159 Å². The largest absolute Gasteiger partial charge is 0.350 e. The Morgan fingerprint density at radius 3 is 2.52 bits per heavy atom. The van der Waals surface area contributed by atoms with Crippen LogP contribution in [0, 0.1) is 0 Å². The molecule has 1 spiro atoms. The van der Waals surface area contributed by atoms with Crippen LogP contribution in [0.25, 0.3) is 0 Å². The second kappa shape index (κ2) is 7.33. The lowest BCUT2D eigenvalue weighted by atomic mass is 9.82. The van der Waals surface area contributed by atoms with Crippen molar-refractivity contribution >= 4 is 17.7 Å². The molecule has 3 aliphatic rings. The van der Waals surface area contributed by atoms with Crippen molar-refractivity contribution in [3.63, 3.8) is 0 Å². The highest BCUT2D eigenvalue weighted by atomic mass is 16.2.